The van der Waals surface area contributed by atoms with Crippen LogP contribution in [0.15, 0.2) is 30.3 Å². The zero-order valence-electron chi connectivity index (χ0n) is 9.01. The molecule has 1 aromatic rings. The molecule has 0 saturated heterocycles. The minimum absolute atomic E-state index is 0.0375. The fourth-order valence-electron chi connectivity index (χ4n) is 0.890. The van der Waals surface area contributed by atoms with E-state index in [1.54, 1.807) is 24.3 Å². The summed E-state index contributed by atoms with van der Waals surface area (Å²) in [4.78, 5) is 11.4. The monoisotopic (exact) mass is 256 g/mol. The first-order chi connectivity index (χ1) is 7.58. The molecule has 1 aromatic carbocycles. The van der Waals surface area contributed by atoms with E-state index in [9.17, 15) is 4.79 Å². The first-order valence-electron chi connectivity index (χ1n) is 4.73. The summed E-state index contributed by atoms with van der Waals surface area (Å²) in [5.74, 6) is 0.493. The lowest BCUT2D eigenvalue weighted by atomic mass is 10.3. The number of thiocarbonyl (C=S) groups is 1. The van der Waals surface area contributed by atoms with Crippen LogP contribution in [0.4, 0.5) is 4.79 Å². The Balaban J connectivity index is 2.39. The molecule has 0 amide bonds. The molecule has 1 rings (SSSR count). The van der Waals surface area contributed by atoms with Crippen LogP contribution in [0.5, 0.6) is 5.75 Å². The van der Waals surface area contributed by atoms with Gasteiger partial charge in [0, 0.05) is 11.8 Å². The molecular weight excluding hydrogens is 244 g/mol. The van der Waals surface area contributed by atoms with Crippen LogP contribution in [0.2, 0.25) is 0 Å². The lowest BCUT2D eigenvalue weighted by Gasteiger charge is -2.09. The minimum Gasteiger partial charge on any atom is -0.475 e. The fourth-order valence-corrected chi connectivity index (χ4v) is 1.80. The Kier molecular flexibility index (Phi) is 5.28. The standard InChI is InChI=1S/C11H12O3S2/c1-8(2)13-11(15)16-10(12)14-9-6-4-3-5-7-9/h3-8H,1-2H3. The average Bonchev–Trinajstić information content (AvgIpc) is 2.17. The summed E-state index contributed by atoms with van der Waals surface area (Å²) in [5, 5.41) is -0.489. The third kappa shape index (κ3) is 5.14. The van der Waals surface area contributed by atoms with Gasteiger partial charge in [0.15, 0.2) is 0 Å². The minimum atomic E-state index is -0.489. The van der Waals surface area contributed by atoms with Crippen molar-refractivity contribution in [2.45, 2.75) is 20.0 Å². The lowest BCUT2D eigenvalue weighted by molar-refractivity contribution is 0.226. The summed E-state index contributed by atoms with van der Waals surface area (Å²) in [6, 6.07) is 8.82. The van der Waals surface area contributed by atoms with Gasteiger partial charge in [-0.25, -0.2) is 4.79 Å². The van der Waals surface area contributed by atoms with Crippen LogP contribution in [0, 0.1) is 0 Å². The lowest BCUT2D eigenvalue weighted by Crippen LogP contribution is -2.10. The molecule has 0 atom stereocenters. The third-order valence-electron chi connectivity index (χ3n) is 1.44. The number of rotatable bonds is 2. The second-order valence-corrected chi connectivity index (χ2v) is 4.72. The van der Waals surface area contributed by atoms with E-state index in [0.717, 1.165) is 11.8 Å². The summed E-state index contributed by atoms with van der Waals surface area (Å²) in [6.45, 7) is 3.69. The van der Waals surface area contributed by atoms with Crippen molar-refractivity contribution in [3.05, 3.63) is 30.3 Å². The molecule has 86 valence electrons. The van der Waals surface area contributed by atoms with Crippen molar-refractivity contribution in [2.75, 3.05) is 0 Å². The third-order valence-corrected chi connectivity index (χ3v) is 2.30. The van der Waals surface area contributed by atoms with Gasteiger partial charge >= 0.3 is 5.30 Å². The summed E-state index contributed by atoms with van der Waals surface area (Å²) in [7, 11) is 0. The van der Waals surface area contributed by atoms with Crippen molar-refractivity contribution in [2.24, 2.45) is 0 Å². The number of carbonyl (C=O) groups is 1. The molecule has 0 fully saturated rings. The van der Waals surface area contributed by atoms with Crippen LogP contribution >= 0.6 is 24.0 Å². The SMILES string of the molecule is CC(C)OC(=S)SC(=O)Oc1ccccc1. The van der Waals surface area contributed by atoms with Crippen molar-refractivity contribution in [1.29, 1.82) is 0 Å². The second kappa shape index (κ2) is 6.50. The molecule has 0 aromatic heterocycles. The number of carbonyl (C=O) groups excluding carboxylic acids is 1. The van der Waals surface area contributed by atoms with E-state index in [-0.39, 0.29) is 10.5 Å². The van der Waals surface area contributed by atoms with Crippen LogP contribution in [0.3, 0.4) is 0 Å². The van der Waals surface area contributed by atoms with Gasteiger partial charge in [-0.1, -0.05) is 18.2 Å². The number of hydrogen-bond acceptors (Lipinski definition) is 5. The zero-order valence-corrected chi connectivity index (χ0v) is 10.6. The topological polar surface area (TPSA) is 35.5 Å². The number of ether oxygens (including phenoxy) is 2. The highest BCUT2D eigenvalue weighted by Crippen LogP contribution is 2.16. The number of benzene rings is 1. The van der Waals surface area contributed by atoms with Crippen molar-refractivity contribution in [1.82, 2.24) is 0 Å². The van der Waals surface area contributed by atoms with Gasteiger partial charge in [0.2, 0.25) is 4.38 Å². The van der Waals surface area contributed by atoms with Crippen LogP contribution in [0.1, 0.15) is 13.8 Å². The molecule has 0 aliphatic rings. The van der Waals surface area contributed by atoms with E-state index >= 15 is 0 Å². The van der Waals surface area contributed by atoms with Gasteiger partial charge in [0.25, 0.3) is 0 Å². The van der Waals surface area contributed by atoms with Gasteiger partial charge in [0.05, 0.1) is 6.10 Å². The van der Waals surface area contributed by atoms with Crippen molar-refractivity contribution >= 4 is 33.7 Å². The average molecular weight is 256 g/mol. The van der Waals surface area contributed by atoms with E-state index in [1.807, 2.05) is 19.9 Å². The summed E-state index contributed by atoms with van der Waals surface area (Å²) < 4.78 is 10.4. The maximum atomic E-state index is 11.4. The van der Waals surface area contributed by atoms with Gasteiger partial charge in [-0.3, -0.25) is 0 Å². The molecule has 0 N–H and O–H groups in total. The summed E-state index contributed by atoms with van der Waals surface area (Å²) in [5.41, 5.74) is 0. The molecule has 0 saturated carbocycles. The molecule has 0 radical (unpaired) electrons. The molecule has 0 unspecified atom stereocenters. The molecule has 5 heteroatoms. The fraction of sp³-hybridized carbons (Fsp3) is 0.273. The van der Waals surface area contributed by atoms with Gasteiger partial charge < -0.3 is 9.47 Å². The van der Waals surface area contributed by atoms with E-state index in [4.69, 9.17) is 21.7 Å². The van der Waals surface area contributed by atoms with Crippen LogP contribution in [0.25, 0.3) is 0 Å². The highest BCUT2D eigenvalue weighted by atomic mass is 32.2. The Bertz CT molecular complexity index is 363. The highest BCUT2D eigenvalue weighted by Gasteiger charge is 2.11. The molecular formula is C11H12O3S2. The number of para-hydroxylation sites is 1. The maximum Gasteiger partial charge on any atom is 0.381 e. The maximum absolute atomic E-state index is 11.4. The largest absolute Gasteiger partial charge is 0.475 e. The van der Waals surface area contributed by atoms with Crippen molar-refractivity contribution in [3.8, 4) is 5.75 Å². The Morgan fingerprint density at radius 1 is 1.31 bits per heavy atom. The molecule has 16 heavy (non-hydrogen) atoms. The van der Waals surface area contributed by atoms with E-state index in [2.05, 4.69) is 0 Å². The highest BCUT2D eigenvalue weighted by molar-refractivity contribution is 8.32. The first-order valence-corrected chi connectivity index (χ1v) is 5.95. The van der Waals surface area contributed by atoms with Crippen molar-refractivity contribution < 1.29 is 14.3 Å². The predicted octanol–water partition coefficient (Wildman–Crippen LogP) is 3.63. The Hall–Kier alpha value is -1.07. The number of thioether (sulfide) groups is 1. The quantitative estimate of drug-likeness (QED) is 0.596. The van der Waals surface area contributed by atoms with E-state index < -0.39 is 5.30 Å². The van der Waals surface area contributed by atoms with Gasteiger partial charge in [-0.15, -0.1) is 0 Å². The molecule has 0 bridgehead atoms. The number of hydrogen-bond donors (Lipinski definition) is 0. The normalized spacial score (nSPS) is 9.94. The molecule has 0 aliphatic carbocycles. The van der Waals surface area contributed by atoms with Gasteiger partial charge in [-0.2, -0.15) is 0 Å². The summed E-state index contributed by atoms with van der Waals surface area (Å²) in [6.07, 6.45) is -0.0375. The Morgan fingerprint density at radius 2 is 1.94 bits per heavy atom. The smallest absolute Gasteiger partial charge is 0.381 e. The molecule has 0 heterocycles. The van der Waals surface area contributed by atoms with Crippen LogP contribution < -0.4 is 4.74 Å². The molecule has 0 spiro atoms. The molecule has 3 nitrogen and oxygen atoms in total. The van der Waals surface area contributed by atoms with Crippen molar-refractivity contribution in [3.63, 3.8) is 0 Å². The van der Waals surface area contributed by atoms with Crippen LogP contribution in [-0.4, -0.2) is 15.8 Å². The van der Waals surface area contributed by atoms with E-state index in [1.165, 1.54) is 0 Å². The van der Waals surface area contributed by atoms with Gasteiger partial charge in [0.1, 0.15) is 5.75 Å². The zero-order chi connectivity index (χ0) is 12.0. The second-order valence-electron chi connectivity index (χ2n) is 3.18. The van der Waals surface area contributed by atoms with E-state index in [0.29, 0.717) is 5.75 Å². The predicted molar refractivity (Wildman–Crippen MR) is 68.9 cm³/mol. The van der Waals surface area contributed by atoms with Gasteiger partial charge in [-0.05, 0) is 38.2 Å². The Labute approximate surface area is 104 Å². The molecule has 0 aliphatic heterocycles. The first kappa shape index (κ1) is 13.0. The van der Waals surface area contributed by atoms with Crippen LogP contribution in [-0.2, 0) is 4.74 Å². The Morgan fingerprint density at radius 3 is 2.50 bits per heavy atom. The summed E-state index contributed by atoms with van der Waals surface area (Å²) >= 11 is 5.63.